The normalized spacial score (nSPS) is 31.9. The first kappa shape index (κ1) is 11.6. The predicted octanol–water partition coefficient (Wildman–Crippen LogP) is 1.82. The molecule has 0 aromatic carbocycles. The van der Waals surface area contributed by atoms with Crippen molar-refractivity contribution >= 4 is 0 Å². The summed E-state index contributed by atoms with van der Waals surface area (Å²) < 4.78 is 7.88. The Morgan fingerprint density at radius 3 is 3.06 bits per heavy atom. The van der Waals surface area contributed by atoms with Gasteiger partial charge in [-0.3, -0.25) is 0 Å². The summed E-state index contributed by atoms with van der Waals surface area (Å²) in [5.74, 6) is 0. The van der Waals surface area contributed by atoms with Crippen molar-refractivity contribution in [3.8, 4) is 0 Å². The number of nitrogens with zero attached hydrogens (tertiary/aromatic N) is 2. The molecule has 1 saturated heterocycles. The van der Waals surface area contributed by atoms with Crippen molar-refractivity contribution in [2.24, 2.45) is 5.73 Å². The summed E-state index contributed by atoms with van der Waals surface area (Å²) in [7, 11) is 0. The lowest BCUT2D eigenvalue weighted by molar-refractivity contribution is 0.0744. The summed E-state index contributed by atoms with van der Waals surface area (Å²) in [6, 6.07) is 0.0622. The molecule has 2 heterocycles. The van der Waals surface area contributed by atoms with Crippen molar-refractivity contribution in [2.45, 2.75) is 51.3 Å². The van der Waals surface area contributed by atoms with Crippen LogP contribution < -0.4 is 5.73 Å². The van der Waals surface area contributed by atoms with Gasteiger partial charge in [-0.05, 0) is 26.7 Å². The van der Waals surface area contributed by atoms with Crippen molar-refractivity contribution in [1.29, 1.82) is 0 Å². The van der Waals surface area contributed by atoms with Crippen LogP contribution in [0.1, 0.15) is 45.3 Å². The van der Waals surface area contributed by atoms with Crippen LogP contribution >= 0.6 is 0 Å². The number of ether oxygens (including phenoxy) is 1. The lowest BCUT2D eigenvalue weighted by atomic mass is 9.93. The molecular formula is C12H21N3O. The lowest BCUT2D eigenvalue weighted by Crippen LogP contribution is -2.38. The van der Waals surface area contributed by atoms with Crippen LogP contribution in [-0.2, 0) is 10.3 Å². The predicted molar refractivity (Wildman–Crippen MR) is 63.1 cm³/mol. The second-order valence-electron chi connectivity index (χ2n) is 4.82. The van der Waals surface area contributed by atoms with E-state index in [0.717, 1.165) is 25.1 Å². The molecule has 0 aliphatic carbocycles. The molecule has 1 aliphatic heterocycles. The molecule has 1 aliphatic rings. The monoisotopic (exact) mass is 223 g/mol. The molecule has 3 atom stereocenters. The fourth-order valence-electron chi connectivity index (χ4n) is 2.36. The minimum atomic E-state index is -0.00137. The standard InChI is InChI=1S/C12H21N3O/c1-4-10(13)11-7-14-8-15(11)12(3)5-6-16-9(12)2/h7-10H,4-6,13H2,1-3H3/t9?,10-,12?/m1/s1. The maximum atomic E-state index is 6.11. The molecule has 0 radical (unpaired) electrons. The molecule has 4 heteroatoms. The Balaban J connectivity index is 2.36. The Morgan fingerprint density at radius 1 is 1.75 bits per heavy atom. The zero-order chi connectivity index (χ0) is 11.8. The number of rotatable bonds is 3. The van der Waals surface area contributed by atoms with Gasteiger partial charge in [-0.15, -0.1) is 0 Å². The number of aromatic nitrogens is 2. The summed E-state index contributed by atoms with van der Waals surface area (Å²) >= 11 is 0. The average Bonchev–Trinajstić information content (AvgIpc) is 2.86. The first-order valence-electron chi connectivity index (χ1n) is 5.99. The van der Waals surface area contributed by atoms with Gasteiger partial charge in [-0.2, -0.15) is 0 Å². The molecule has 0 spiro atoms. The van der Waals surface area contributed by atoms with E-state index < -0.39 is 0 Å². The van der Waals surface area contributed by atoms with E-state index in [9.17, 15) is 0 Å². The molecule has 16 heavy (non-hydrogen) atoms. The zero-order valence-corrected chi connectivity index (χ0v) is 10.3. The SMILES string of the molecule is CC[C@@H](N)c1cncn1C1(C)CCOC1C. The second-order valence-corrected chi connectivity index (χ2v) is 4.82. The summed E-state index contributed by atoms with van der Waals surface area (Å²) in [6.45, 7) is 7.25. The molecule has 0 amide bonds. The third kappa shape index (κ3) is 1.66. The van der Waals surface area contributed by atoms with Gasteiger partial charge in [0, 0.05) is 18.8 Å². The Kier molecular flexibility index (Phi) is 3.04. The van der Waals surface area contributed by atoms with Crippen LogP contribution in [0.4, 0.5) is 0 Å². The van der Waals surface area contributed by atoms with E-state index >= 15 is 0 Å². The van der Waals surface area contributed by atoms with Crippen molar-refractivity contribution in [2.75, 3.05) is 6.61 Å². The topological polar surface area (TPSA) is 53.1 Å². The van der Waals surface area contributed by atoms with E-state index in [0.29, 0.717) is 0 Å². The van der Waals surface area contributed by atoms with Crippen molar-refractivity contribution in [1.82, 2.24) is 9.55 Å². The summed E-state index contributed by atoms with van der Waals surface area (Å²) in [4.78, 5) is 4.24. The van der Waals surface area contributed by atoms with Gasteiger partial charge in [0.2, 0.25) is 0 Å². The molecule has 0 bridgehead atoms. The van der Waals surface area contributed by atoms with E-state index in [1.54, 1.807) is 0 Å². The van der Waals surface area contributed by atoms with Gasteiger partial charge >= 0.3 is 0 Å². The minimum Gasteiger partial charge on any atom is -0.376 e. The van der Waals surface area contributed by atoms with Crippen LogP contribution in [0.25, 0.3) is 0 Å². The number of hydrogen-bond donors (Lipinski definition) is 1. The largest absolute Gasteiger partial charge is 0.376 e. The molecule has 2 unspecified atom stereocenters. The highest BCUT2D eigenvalue weighted by Gasteiger charge is 2.40. The molecule has 0 saturated carbocycles. The third-order valence-corrected chi connectivity index (χ3v) is 3.89. The van der Waals surface area contributed by atoms with Gasteiger partial charge in [0.1, 0.15) is 0 Å². The number of nitrogens with two attached hydrogens (primary N) is 1. The highest BCUT2D eigenvalue weighted by Crippen LogP contribution is 2.35. The second kappa shape index (κ2) is 4.18. The number of imidazole rings is 1. The van der Waals surface area contributed by atoms with Crippen LogP contribution in [0.15, 0.2) is 12.5 Å². The zero-order valence-electron chi connectivity index (χ0n) is 10.3. The van der Waals surface area contributed by atoms with Crippen molar-refractivity contribution in [3.63, 3.8) is 0 Å². The highest BCUT2D eigenvalue weighted by atomic mass is 16.5. The first-order valence-corrected chi connectivity index (χ1v) is 5.99. The Labute approximate surface area is 96.8 Å². The summed E-state index contributed by atoms with van der Waals surface area (Å²) in [6.07, 6.45) is 5.93. The van der Waals surface area contributed by atoms with E-state index in [2.05, 4.69) is 30.3 Å². The van der Waals surface area contributed by atoms with Crippen molar-refractivity contribution in [3.05, 3.63) is 18.2 Å². The molecule has 4 nitrogen and oxygen atoms in total. The van der Waals surface area contributed by atoms with E-state index in [-0.39, 0.29) is 17.7 Å². The molecule has 1 fully saturated rings. The Hall–Kier alpha value is -0.870. The Morgan fingerprint density at radius 2 is 2.50 bits per heavy atom. The molecule has 2 N–H and O–H groups in total. The third-order valence-electron chi connectivity index (χ3n) is 3.89. The summed E-state index contributed by atoms with van der Waals surface area (Å²) in [5.41, 5.74) is 7.22. The molecule has 90 valence electrons. The van der Waals surface area contributed by atoms with Gasteiger partial charge in [-0.1, -0.05) is 6.92 Å². The van der Waals surface area contributed by atoms with Gasteiger partial charge < -0.3 is 15.0 Å². The van der Waals surface area contributed by atoms with Gasteiger partial charge in [0.15, 0.2) is 0 Å². The van der Waals surface area contributed by atoms with Gasteiger partial charge in [-0.25, -0.2) is 4.98 Å². The maximum absolute atomic E-state index is 6.11. The van der Waals surface area contributed by atoms with E-state index in [1.807, 2.05) is 12.5 Å². The van der Waals surface area contributed by atoms with Crippen LogP contribution in [0, 0.1) is 0 Å². The van der Waals surface area contributed by atoms with E-state index in [4.69, 9.17) is 10.5 Å². The minimum absolute atomic E-state index is 0.00137. The molecular weight excluding hydrogens is 202 g/mol. The first-order chi connectivity index (χ1) is 7.59. The fraction of sp³-hybridized carbons (Fsp3) is 0.750. The highest BCUT2D eigenvalue weighted by molar-refractivity contribution is 5.10. The van der Waals surface area contributed by atoms with E-state index in [1.165, 1.54) is 0 Å². The van der Waals surface area contributed by atoms with Crippen LogP contribution in [-0.4, -0.2) is 22.3 Å². The van der Waals surface area contributed by atoms with Gasteiger partial charge in [0.25, 0.3) is 0 Å². The summed E-state index contributed by atoms with van der Waals surface area (Å²) in [5, 5.41) is 0. The molecule has 1 aromatic rings. The maximum Gasteiger partial charge on any atom is 0.0954 e. The average molecular weight is 223 g/mol. The smallest absolute Gasteiger partial charge is 0.0954 e. The quantitative estimate of drug-likeness (QED) is 0.850. The van der Waals surface area contributed by atoms with Crippen LogP contribution in [0.5, 0.6) is 0 Å². The van der Waals surface area contributed by atoms with Crippen LogP contribution in [0.2, 0.25) is 0 Å². The van der Waals surface area contributed by atoms with Crippen LogP contribution in [0.3, 0.4) is 0 Å². The molecule has 2 rings (SSSR count). The Bertz CT molecular complexity index is 363. The van der Waals surface area contributed by atoms with Crippen molar-refractivity contribution < 1.29 is 4.74 Å². The molecule has 1 aromatic heterocycles. The van der Waals surface area contributed by atoms with Gasteiger partial charge in [0.05, 0.1) is 23.7 Å². The lowest BCUT2D eigenvalue weighted by Gasteiger charge is -2.32. The number of hydrogen-bond acceptors (Lipinski definition) is 3. The fourth-order valence-corrected chi connectivity index (χ4v) is 2.36.